The zero-order chi connectivity index (χ0) is 12.6. The summed E-state index contributed by atoms with van der Waals surface area (Å²) in [6.45, 7) is 0. The summed E-state index contributed by atoms with van der Waals surface area (Å²) >= 11 is 9.29. The Bertz CT molecular complexity index is 669. The number of hydrogen-bond donors (Lipinski definition) is 1. The van der Waals surface area contributed by atoms with Crippen molar-refractivity contribution in [2.45, 2.75) is 4.90 Å². The Kier molecular flexibility index (Phi) is 3.49. The van der Waals surface area contributed by atoms with Gasteiger partial charge in [-0.25, -0.2) is 8.42 Å². The summed E-state index contributed by atoms with van der Waals surface area (Å²) < 4.78 is 23.4. The van der Waals surface area contributed by atoms with Gasteiger partial charge >= 0.3 is 0 Å². The van der Waals surface area contributed by atoms with E-state index in [0.29, 0.717) is 10.6 Å². The van der Waals surface area contributed by atoms with E-state index in [1.807, 2.05) is 0 Å². The predicted molar refractivity (Wildman–Crippen MR) is 69.8 cm³/mol. The van der Waals surface area contributed by atoms with Crippen LogP contribution in [0.4, 0.5) is 0 Å². The van der Waals surface area contributed by atoms with Gasteiger partial charge in [0.05, 0.1) is 16.9 Å². The minimum Gasteiger partial charge on any atom is -0.276 e. The second kappa shape index (κ2) is 4.61. The van der Waals surface area contributed by atoms with E-state index in [0.717, 1.165) is 10.7 Å². The number of nitrogens with zero attached hydrogens (tertiary/aromatic N) is 1. The first-order valence-corrected chi connectivity index (χ1v) is 7.81. The van der Waals surface area contributed by atoms with Crippen LogP contribution in [-0.4, -0.2) is 18.6 Å². The zero-order valence-electron chi connectivity index (χ0n) is 8.12. The molecule has 4 nitrogen and oxygen atoms in total. The Morgan fingerprint density at radius 1 is 1.35 bits per heavy atom. The topological polar surface area (TPSA) is 62.8 Å². The molecule has 0 radical (unpaired) electrons. The van der Waals surface area contributed by atoms with Gasteiger partial charge in [0.1, 0.15) is 4.90 Å². The normalized spacial score (nSPS) is 11.7. The maximum Gasteiger partial charge on any atom is 0.265 e. The van der Waals surface area contributed by atoms with Crippen molar-refractivity contribution < 1.29 is 8.42 Å². The average Bonchev–Trinajstić information content (AvgIpc) is 2.65. The van der Waals surface area contributed by atoms with E-state index in [2.05, 4.69) is 26.1 Å². The Morgan fingerprint density at radius 3 is 2.65 bits per heavy atom. The molecular formula is C9H5BrCl2N2O2S. The summed E-state index contributed by atoms with van der Waals surface area (Å²) in [4.78, 5) is -0.0941. The third-order valence-electron chi connectivity index (χ3n) is 2.07. The standard InChI is InChI=1S/C9H5BrCl2N2O2S/c10-5-1-2-6(7(11)3-5)9-8(4-13-14-9)17(12,15)16/h1-4H,(H,13,14). The fourth-order valence-corrected chi connectivity index (χ4v) is 3.04. The minimum atomic E-state index is -3.86. The summed E-state index contributed by atoms with van der Waals surface area (Å²) in [7, 11) is 1.44. The van der Waals surface area contributed by atoms with Crippen LogP contribution in [0, 0.1) is 0 Å². The number of rotatable bonds is 2. The molecule has 0 aliphatic rings. The molecule has 2 aromatic rings. The summed E-state index contributed by atoms with van der Waals surface area (Å²) in [6.07, 6.45) is 1.15. The predicted octanol–water partition coefficient (Wildman–Crippen LogP) is 3.42. The highest BCUT2D eigenvalue weighted by Gasteiger charge is 2.20. The molecule has 0 amide bonds. The highest BCUT2D eigenvalue weighted by Crippen LogP contribution is 2.33. The highest BCUT2D eigenvalue weighted by molar-refractivity contribution is 9.10. The number of H-pyrrole nitrogens is 1. The second-order valence-electron chi connectivity index (χ2n) is 3.17. The summed E-state index contributed by atoms with van der Waals surface area (Å²) in [5.74, 6) is 0. The molecule has 0 atom stereocenters. The van der Waals surface area contributed by atoms with Crippen LogP contribution >= 0.6 is 38.2 Å². The van der Waals surface area contributed by atoms with Gasteiger partial charge in [-0.05, 0) is 12.1 Å². The molecule has 90 valence electrons. The number of nitrogens with one attached hydrogen (secondary N) is 1. The molecule has 0 fully saturated rings. The molecule has 0 aliphatic carbocycles. The molecule has 0 aliphatic heterocycles. The molecule has 17 heavy (non-hydrogen) atoms. The Morgan fingerprint density at radius 2 is 2.06 bits per heavy atom. The smallest absolute Gasteiger partial charge is 0.265 e. The van der Waals surface area contributed by atoms with Crippen LogP contribution in [0.25, 0.3) is 11.3 Å². The molecule has 1 aromatic carbocycles. The van der Waals surface area contributed by atoms with Crippen molar-refractivity contribution in [1.82, 2.24) is 10.2 Å². The largest absolute Gasteiger partial charge is 0.276 e. The lowest BCUT2D eigenvalue weighted by Crippen LogP contribution is -1.92. The van der Waals surface area contributed by atoms with Crippen LogP contribution in [-0.2, 0) is 9.05 Å². The molecule has 0 saturated carbocycles. The number of halogens is 3. The fourth-order valence-electron chi connectivity index (χ4n) is 1.35. The summed E-state index contributed by atoms with van der Waals surface area (Å²) in [6, 6.07) is 5.07. The van der Waals surface area contributed by atoms with Crippen LogP contribution in [0.15, 0.2) is 33.8 Å². The monoisotopic (exact) mass is 354 g/mol. The SMILES string of the molecule is O=S(=O)(Cl)c1cn[nH]c1-c1ccc(Br)cc1Cl. The molecule has 2 rings (SSSR count). The van der Waals surface area contributed by atoms with Gasteiger partial charge in [0.25, 0.3) is 9.05 Å². The van der Waals surface area contributed by atoms with Crippen molar-refractivity contribution in [3.8, 4) is 11.3 Å². The van der Waals surface area contributed by atoms with E-state index in [-0.39, 0.29) is 10.6 Å². The van der Waals surface area contributed by atoms with Gasteiger partial charge < -0.3 is 0 Å². The van der Waals surface area contributed by atoms with Gasteiger partial charge in [0, 0.05) is 20.7 Å². The quantitative estimate of drug-likeness (QED) is 0.839. The number of aromatic nitrogens is 2. The first kappa shape index (κ1) is 12.9. The molecule has 0 bridgehead atoms. The van der Waals surface area contributed by atoms with Crippen molar-refractivity contribution in [1.29, 1.82) is 0 Å². The van der Waals surface area contributed by atoms with E-state index in [9.17, 15) is 8.42 Å². The van der Waals surface area contributed by atoms with Crippen molar-refractivity contribution in [2.75, 3.05) is 0 Å². The van der Waals surface area contributed by atoms with E-state index in [4.69, 9.17) is 22.3 Å². The van der Waals surface area contributed by atoms with Crippen LogP contribution in [0.5, 0.6) is 0 Å². The van der Waals surface area contributed by atoms with E-state index < -0.39 is 9.05 Å². The second-order valence-corrected chi connectivity index (χ2v) is 7.03. The van der Waals surface area contributed by atoms with E-state index >= 15 is 0 Å². The van der Waals surface area contributed by atoms with Gasteiger partial charge in [-0.1, -0.05) is 33.6 Å². The van der Waals surface area contributed by atoms with Crippen LogP contribution in [0.3, 0.4) is 0 Å². The number of benzene rings is 1. The third kappa shape index (κ3) is 2.65. The van der Waals surface area contributed by atoms with Gasteiger partial charge in [0.2, 0.25) is 0 Å². The molecule has 0 saturated heterocycles. The Balaban J connectivity index is 2.66. The fraction of sp³-hybridized carbons (Fsp3) is 0. The van der Waals surface area contributed by atoms with Gasteiger partial charge in [-0.3, -0.25) is 5.10 Å². The molecular weight excluding hydrogens is 351 g/mol. The lowest BCUT2D eigenvalue weighted by molar-refractivity contribution is 0.610. The maximum absolute atomic E-state index is 11.3. The van der Waals surface area contributed by atoms with Crippen molar-refractivity contribution in [3.63, 3.8) is 0 Å². The Hall–Kier alpha value is -0.560. The molecule has 1 N–H and O–H groups in total. The number of aromatic amines is 1. The molecule has 0 spiro atoms. The molecule has 8 heteroatoms. The van der Waals surface area contributed by atoms with Crippen LogP contribution < -0.4 is 0 Å². The molecule has 0 unspecified atom stereocenters. The lowest BCUT2D eigenvalue weighted by atomic mass is 10.1. The first-order chi connectivity index (χ1) is 7.89. The molecule has 1 heterocycles. The summed E-state index contributed by atoms with van der Waals surface area (Å²) in [5.41, 5.74) is 0.795. The van der Waals surface area contributed by atoms with Gasteiger partial charge in [-0.2, -0.15) is 5.10 Å². The maximum atomic E-state index is 11.3. The molecule has 1 aromatic heterocycles. The average molecular weight is 356 g/mol. The summed E-state index contributed by atoms with van der Waals surface area (Å²) in [5, 5.41) is 6.64. The zero-order valence-corrected chi connectivity index (χ0v) is 12.0. The highest BCUT2D eigenvalue weighted by atomic mass is 79.9. The van der Waals surface area contributed by atoms with Crippen molar-refractivity contribution in [3.05, 3.63) is 33.9 Å². The van der Waals surface area contributed by atoms with Gasteiger partial charge in [0.15, 0.2) is 0 Å². The lowest BCUT2D eigenvalue weighted by Gasteiger charge is -2.03. The van der Waals surface area contributed by atoms with E-state index in [1.54, 1.807) is 18.2 Å². The van der Waals surface area contributed by atoms with Crippen molar-refractivity contribution >= 4 is 47.3 Å². The third-order valence-corrected chi connectivity index (χ3v) is 4.21. The van der Waals surface area contributed by atoms with Crippen molar-refractivity contribution in [2.24, 2.45) is 0 Å². The van der Waals surface area contributed by atoms with Crippen LogP contribution in [0.2, 0.25) is 5.02 Å². The number of hydrogen-bond acceptors (Lipinski definition) is 3. The Labute approximate surface area is 115 Å². The van der Waals surface area contributed by atoms with Gasteiger partial charge in [-0.15, -0.1) is 0 Å². The first-order valence-electron chi connectivity index (χ1n) is 4.33. The van der Waals surface area contributed by atoms with Crippen LogP contribution in [0.1, 0.15) is 0 Å². The van der Waals surface area contributed by atoms with E-state index in [1.165, 1.54) is 0 Å². The minimum absolute atomic E-state index is 0.0941.